The summed E-state index contributed by atoms with van der Waals surface area (Å²) in [5.74, 6) is 0.363. The summed E-state index contributed by atoms with van der Waals surface area (Å²) in [4.78, 5) is 21.0. The Morgan fingerprint density at radius 1 is 1.48 bits per heavy atom. The lowest BCUT2D eigenvalue weighted by atomic mass is 10.2. The number of H-pyrrole nitrogens is 1. The van der Waals surface area contributed by atoms with Crippen molar-refractivity contribution >= 4 is 38.0 Å². The molecule has 23 heavy (non-hydrogen) atoms. The van der Waals surface area contributed by atoms with E-state index in [-0.39, 0.29) is 23.0 Å². The minimum Gasteiger partial charge on any atom is -0.491 e. The smallest absolute Gasteiger partial charge is 0.259 e. The van der Waals surface area contributed by atoms with Gasteiger partial charge in [0.2, 0.25) is 5.58 Å². The highest BCUT2D eigenvalue weighted by atomic mass is 79.9. The fraction of sp³-hybridized carbons (Fsp3) is 0.333. The van der Waals surface area contributed by atoms with Crippen LogP contribution in [0.25, 0.3) is 22.1 Å². The first-order valence-corrected chi connectivity index (χ1v) is 8.05. The molecule has 7 nitrogen and oxygen atoms in total. The lowest BCUT2D eigenvalue weighted by Crippen LogP contribution is -2.22. The van der Waals surface area contributed by atoms with Gasteiger partial charge in [-0.05, 0) is 28.4 Å². The zero-order valence-electron chi connectivity index (χ0n) is 12.0. The standard InChI is InChI=1S/C15H14BrN3O4/c16-9-3-8-11(4-10(9)21)23-14-13(8)17-12(18-15(14)22)6-19-2-1-7(20)5-19/h3-4,7,20,22H,1-2,5-6H2,(H,17,18)/t7-/m0/s1. The van der Waals surface area contributed by atoms with Gasteiger partial charge in [-0.2, -0.15) is 4.98 Å². The van der Waals surface area contributed by atoms with Crippen LogP contribution in [0.1, 0.15) is 12.2 Å². The third kappa shape index (κ3) is 2.52. The molecule has 0 spiro atoms. The third-order valence-corrected chi connectivity index (χ3v) is 4.70. The fourth-order valence-corrected chi connectivity index (χ4v) is 3.32. The number of hydrogen-bond donors (Lipinski definition) is 3. The summed E-state index contributed by atoms with van der Waals surface area (Å²) in [6.45, 7) is 1.87. The van der Waals surface area contributed by atoms with Crippen LogP contribution < -0.4 is 5.43 Å². The predicted molar refractivity (Wildman–Crippen MR) is 87.4 cm³/mol. The van der Waals surface area contributed by atoms with E-state index in [1.54, 1.807) is 6.07 Å². The van der Waals surface area contributed by atoms with Crippen molar-refractivity contribution in [2.24, 2.45) is 0 Å². The van der Waals surface area contributed by atoms with Gasteiger partial charge in [0.15, 0.2) is 5.43 Å². The van der Waals surface area contributed by atoms with Gasteiger partial charge in [0, 0.05) is 24.5 Å². The first-order chi connectivity index (χ1) is 11.0. The summed E-state index contributed by atoms with van der Waals surface area (Å²) in [6, 6.07) is 3.05. The minimum absolute atomic E-state index is 0.185. The molecule has 4 rings (SSSR count). The van der Waals surface area contributed by atoms with Gasteiger partial charge in [-0.15, -0.1) is 0 Å². The van der Waals surface area contributed by atoms with E-state index in [1.165, 1.54) is 6.07 Å². The third-order valence-electron chi connectivity index (χ3n) is 4.08. The van der Waals surface area contributed by atoms with E-state index in [2.05, 4.69) is 30.8 Å². The average molecular weight is 380 g/mol. The number of halogens is 1. The molecule has 1 fully saturated rings. The number of nitrogens with zero attached hydrogens (tertiary/aromatic N) is 2. The second-order valence-electron chi connectivity index (χ2n) is 5.77. The molecule has 1 aliphatic heterocycles. The molecule has 0 aliphatic carbocycles. The number of furan rings is 1. The number of aliphatic hydroxyl groups is 1. The number of aromatic nitrogens is 2. The second-order valence-corrected chi connectivity index (χ2v) is 6.62. The number of nitrogens with one attached hydrogen (secondary N) is 1. The molecule has 0 bridgehead atoms. The maximum atomic E-state index is 11.7. The Kier molecular flexibility index (Phi) is 3.40. The Morgan fingerprint density at radius 3 is 3.04 bits per heavy atom. The van der Waals surface area contributed by atoms with Crippen LogP contribution in [0.5, 0.6) is 5.88 Å². The summed E-state index contributed by atoms with van der Waals surface area (Å²) in [5.41, 5.74) is 1.04. The van der Waals surface area contributed by atoms with Gasteiger partial charge in [0.1, 0.15) is 11.4 Å². The highest BCUT2D eigenvalue weighted by Crippen LogP contribution is 2.32. The number of rotatable bonds is 2. The number of aromatic amines is 1. The molecule has 0 radical (unpaired) electrons. The molecular formula is C15H14BrN3O4. The zero-order valence-corrected chi connectivity index (χ0v) is 13.6. The molecule has 2 aromatic heterocycles. The number of benzene rings is 1. The van der Waals surface area contributed by atoms with Crippen LogP contribution in [0.2, 0.25) is 0 Å². The number of likely N-dealkylation sites (tertiary alicyclic amines) is 1. The van der Waals surface area contributed by atoms with Crippen molar-refractivity contribution in [3.63, 3.8) is 0 Å². The van der Waals surface area contributed by atoms with Crippen LogP contribution in [0, 0.1) is 0 Å². The molecule has 0 amide bonds. The number of fused-ring (bicyclic) bond motifs is 3. The maximum Gasteiger partial charge on any atom is 0.259 e. The lowest BCUT2D eigenvalue weighted by Gasteiger charge is -2.14. The molecule has 1 atom stereocenters. The van der Waals surface area contributed by atoms with Crippen molar-refractivity contribution in [1.82, 2.24) is 14.9 Å². The molecule has 120 valence electrons. The molecular weight excluding hydrogens is 366 g/mol. The largest absolute Gasteiger partial charge is 0.491 e. The van der Waals surface area contributed by atoms with Crippen LogP contribution in [-0.2, 0) is 6.54 Å². The highest BCUT2D eigenvalue weighted by Gasteiger charge is 2.22. The van der Waals surface area contributed by atoms with Crippen molar-refractivity contribution in [2.75, 3.05) is 13.1 Å². The Balaban J connectivity index is 1.83. The van der Waals surface area contributed by atoms with Crippen LogP contribution in [-0.4, -0.2) is 44.3 Å². The predicted octanol–water partition coefficient (Wildman–Crippen LogP) is 1.70. The number of aromatic hydroxyl groups is 1. The van der Waals surface area contributed by atoms with Crippen LogP contribution in [0.3, 0.4) is 0 Å². The summed E-state index contributed by atoms with van der Waals surface area (Å²) >= 11 is 3.22. The first kappa shape index (κ1) is 14.7. The SMILES string of the molecule is O=c1cc2oc3c(O)nc(CN4CC[C@H](O)C4)[nH]c3c2cc1Br. The van der Waals surface area contributed by atoms with Crippen molar-refractivity contribution in [3.8, 4) is 5.88 Å². The van der Waals surface area contributed by atoms with E-state index < -0.39 is 0 Å². The van der Waals surface area contributed by atoms with Crippen molar-refractivity contribution in [3.05, 3.63) is 32.7 Å². The topological polar surface area (TPSA) is 103 Å². The first-order valence-electron chi connectivity index (χ1n) is 7.25. The Bertz CT molecular complexity index is 965. The van der Waals surface area contributed by atoms with Gasteiger partial charge in [-0.3, -0.25) is 9.69 Å². The van der Waals surface area contributed by atoms with Gasteiger partial charge >= 0.3 is 0 Å². The van der Waals surface area contributed by atoms with Gasteiger partial charge in [-0.25, -0.2) is 0 Å². The number of aliphatic hydroxyl groups excluding tert-OH is 1. The van der Waals surface area contributed by atoms with Gasteiger partial charge in [-0.1, -0.05) is 0 Å². The van der Waals surface area contributed by atoms with E-state index in [0.29, 0.717) is 39.9 Å². The van der Waals surface area contributed by atoms with E-state index in [9.17, 15) is 15.0 Å². The molecule has 1 aliphatic rings. The maximum absolute atomic E-state index is 11.7. The highest BCUT2D eigenvalue weighted by molar-refractivity contribution is 9.10. The fourth-order valence-electron chi connectivity index (χ4n) is 2.97. The molecule has 3 aromatic rings. The molecule has 3 N–H and O–H groups in total. The van der Waals surface area contributed by atoms with E-state index >= 15 is 0 Å². The van der Waals surface area contributed by atoms with Gasteiger partial charge < -0.3 is 19.6 Å². The summed E-state index contributed by atoms with van der Waals surface area (Å²) in [6.07, 6.45) is 0.427. The Morgan fingerprint density at radius 2 is 2.30 bits per heavy atom. The Hall–Kier alpha value is -1.90. The normalized spacial score (nSPS) is 19.1. The zero-order chi connectivity index (χ0) is 16.1. The quantitative estimate of drug-likeness (QED) is 0.626. The van der Waals surface area contributed by atoms with Crippen molar-refractivity contribution < 1.29 is 14.6 Å². The summed E-state index contributed by atoms with van der Waals surface area (Å²) in [5, 5.41) is 20.4. The molecule has 0 unspecified atom stereocenters. The van der Waals surface area contributed by atoms with Gasteiger partial charge in [0.25, 0.3) is 5.88 Å². The monoisotopic (exact) mass is 379 g/mol. The molecule has 1 saturated heterocycles. The molecule has 8 heteroatoms. The van der Waals surface area contributed by atoms with Crippen LogP contribution >= 0.6 is 15.9 Å². The second kappa shape index (κ2) is 5.33. The molecule has 1 aromatic carbocycles. The van der Waals surface area contributed by atoms with Crippen LogP contribution in [0.4, 0.5) is 0 Å². The van der Waals surface area contributed by atoms with E-state index in [4.69, 9.17) is 4.42 Å². The van der Waals surface area contributed by atoms with E-state index in [1.807, 2.05) is 0 Å². The summed E-state index contributed by atoms with van der Waals surface area (Å²) < 4.78 is 5.97. The lowest BCUT2D eigenvalue weighted by molar-refractivity contribution is 0.174. The molecule has 3 heterocycles. The van der Waals surface area contributed by atoms with Crippen LogP contribution in [0.15, 0.2) is 25.8 Å². The van der Waals surface area contributed by atoms with Crippen molar-refractivity contribution in [2.45, 2.75) is 19.1 Å². The Labute approximate surface area is 138 Å². The average Bonchev–Trinajstić information content (AvgIpc) is 3.04. The minimum atomic E-state index is -0.312. The van der Waals surface area contributed by atoms with Crippen molar-refractivity contribution in [1.29, 1.82) is 0 Å². The van der Waals surface area contributed by atoms with Gasteiger partial charge in [0.05, 0.1) is 22.6 Å². The number of β-amino-alcohol motifs (C(OH)–C–C–N with tert-alkyl or cyclic N) is 1. The van der Waals surface area contributed by atoms with E-state index in [0.717, 1.165) is 13.0 Å². The summed E-state index contributed by atoms with van der Waals surface area (Å²) in [7, 11) is 0. The molecule has 0 saturated carbocycles. The number of hydrogen-bond acceptors (Lipinski definition) is 6.